The Labute approximate surface area is 148 Å². The van der Waals surface area contributed by atoms with Gasteiger partial charge in [-0.1, -0.05) is 24.3 Å². The van der Waals surface area contributed by atoms with Crippen LogP contribution in [0.15, 0.2) is 47.3 Å². The van der Waals surface area contributed by atoms with Crippen molar-refractivity contribution >= 4 is 28.6 Å². The van der Waals surface area contributed by atoms with E-state index in [0.29, 0.717) is 22.3 Å². The predicted molar refractivity (Wildman–Crippen MR) is 98.0 cm³/mol. The Morgan fingerprint density at radius 1 is 1.15 bits per heavy atom. The van der Waals surface area contributed by atoms with E-state index in [0.717, 1.165) is 5.56 Å². The van der Waals surface area contributed by atoms with Gasteiger partial charge in [-0.25, -0.2) is 4.98 Å². The number of amides is 1. The number of fused-ring (bicyclic) bond motifs is 1. The first kappa shape index (κ1) is 17.3. The number of anilines is 1. The van der Waals surface area contributed by atoms with Crippen molar-refractivity contribution in [2.45, 2.75) is 19.8 Å². The maximum absolute atomic E-state index is 12.5. The summed E-state index contributed by atoms with van der Waals surface area (Å²) < 4.78 is 0. The third-order valence-electron chi connectivity index (χ3n) is 3.87. The molecule has 0 atom stereocenters. The molecule has 0 saturated heterocycles. The van der Waals surface area contributed by atoms with Crippen molar-refractivity contribution in [3.63, 3.8) is 0 Å². The molecule has 7 nitrogen and oxygen atoms in total. The summed E-state index contributed by atoms with van der Waals surface area (Å²) in [6.45, 7) is 1.86. The lowest BCUT2D eigenvalue weighted by molar-refractivity contribution is -0.138. The number of aromatic nitrogens is 2. The highest BCUT2D eigenvalue weighted by Gasteiger charge is 2.15. The lowest BCUT2D eigenvalue weighted by Gasteiger charge is -2.12. The monoisotopic (exact) mass is 351 g/mol. The Morgan fingerprint density at radius 2 is 1.92 bits per heavy atom. The van der Waals surface area contributed by atoms with Crippen molar-refractivity contribution in [1.82, 2.24) is 9.97 Å². The molecule has 0 saturated carbocycles. The van der Waals surface area contributed by atoms with Crippen LogP contribution in [-0.2, 0) is 9.59 Å². The van der Waals surface area contributed by atoms with Crippen LogP contribution in [0.5, 0.6) is 0 Å². The molecule has 0 bridgehead atoms. The fourth-order valence-corrected chi connectivity index (χ4v) is 2.61. The number of nitrogens with one attached hydrogen (secondary N) is 2. The number of para-hydroxylation sites is 2. The van der Waals surface area contributed by atoms with E-state index >= 15 is 0 Å². The van der Waals surface area contributed by atoms with Crippen molar-refractivity contribution in [3.05, 3.63) is 58.4 Å². The minimum atomic E-state index is -1.04. The largest absolute Gasteiger partial charge is 0.481 e. The highest BCUT2D eigenvalue weighted by atomic mass is 16.4. The molecule has 0 spiro atoms. The van der Waals surface area contributed by atoms with Crippen molar-refractivity contribution < 1.29 is 14.7 Å². The molecule has 3 N–H and O–H groups in total. The van der Waals surface area contributed by atoms with E-state index in [2.05, 4.69) is 15.3 Å². The topological polar surface area (TPSA) is 112 Å². The summed E-state index contributed by atoms with van der Waals surface area (Å²) in [5.41, 5.74) is 2.87. The molecule has 1 amide bonds. The van der Waals surface area contributed by atoms with E-state index in [9.17, 15) is 14.4 Å². The van der Waals surface area contributed by atoms with E-state index < -0.39 is 11.9 Å². The van der Waals surface area contributed by atoms with Gasteiger partial charge in [-0.2, -0.15) is 0 Å². The molecule has 3 rings (SSSR count). The average molecular weight is 351 g/mol. The van der Waals surface area contributed by atoms with Gasteiger partial charge in [0.05, 0.1) is 23.1 Å². The molecule has 2 aromatic carbocycles. The molecule has 26 heavy (non-hydrogen) atoms. The standard InChI is InChI=1S/C19H17N3O4/c1-11-6-7-12(15(10-11)20-16(23)8-9-17(24)25)18-19(26)22-14-5-3-2-4-13(14)21-18/h2-7,10H,8-9H2,1H3,(H,20,23)(H,22,26)(H,24,25). The Kier molecular flexibility index (Phi) is 4.79. The Hall–Kier alpha value is -3.48. The van der Waals surface area contributed by atoms with Gasteiger partial charge in [-0.05, 0) is 30.7 Å². The van der Waals surface area contributed by atoms with Gasteiger partial charge in [0.15, 0.2) is 0 Å². The first-order valence-electron chi connectivity index (χ1n) is 8.06. The molecular weight excluding hydrogens is 334 g/mol. The molecule has 3 aromatic rings. The van der Waals surface area contributed by atoms with Crippen LogP contribution in [-0.4, -0.2) is 27.0 Å². The number of carboxylic acids is 1. The maximum Gasteiger partial charge on any atom is 0.303 e. The second-order valence-corrected chi connectivity index (χ2v) is 5.92. The smallest absolute Gasteiger partial charge is 0.303 e. The maximum atomic E-state index is 12.5. The number of carboxylic acid groups (broad SMARTS) is 1. The molecule has 0 unspecified atom stereocenters. The van der Waals surface area contributed by atoms with Crippen LogP contribution >= 0.6 is 0 Å². The molecule has 7 heteroatoms. The third kappa shape index (κ3) is 3.77. The minimum absolute atomic E-state index is 0.149. The third-order valence-corrected chi connectivity index (χ3v) is 3.87. The number of nitrogens with zero attached hydrogens (tertiary/aromatic N) is 1. The van der Waals surface area contributed by atoms with Crippen LogP contribution in [0.3, 0.4) is 0 Å². The summed E-state index contributed by atoms with van der Waals surface area (Å²) in [4.78, 5) is 42.3. The molecular formula is C19H17N3O4. The normalized spacial score (nSPS) is 10.7. The summed E-state index contributed by atoms with van der Waals surface area (Å²) in [7, 11) is 0. The molecule has 1 aromatic heterocycles. The molecule has 0 aliphatic carbocycles. The quantitative estimate of drug-likeness (QED) is 0.654. The number of aliphatic carboxylic acids is 1. The van der Waals surface area contributed by atoms with Gasteiger partial charge in [0.25, 0.3) is 5.56 Å². The van der Waals surface area contributed by atoms with Crippen LogP contribution in [0, 0.1) is 6.92 Å². The zero-order valence-electron chi connectivity index (χ0n) is 14.1. The fourth-order valence-electron chi connectivity index (χ4n) is 2.61. The summed E-state index contributed by atoms with van der Waals surface area (Å²) in [6, 6.07) is 12.4. The number of benzene rings is 2. The zero-order valence-corrected chi connectivity index (χ0v) is 14.1. The van der Waals surface area contributed by atoms with Crippen LogP contribution in [0.1, 0.15) is 18.4 Å². The number of hydrogen-bond donors (Lipinski definition) is 3. The number of rotatable bonds is 5. The molecule has 132 valence electrons. The molecule has 0 aliphatic rings. The summed E-state index contributed by atoms with van der Waals surface area (Å²) in [5.74, 6) is -1.48. The van der Waals surface area contributed by atoms with E-state index in [4.69, 9.17) is 5.11 Å². The molecule has 0 fully saturated rings. The highest BCUT2D eigenvalue weighted by Crippen LogP contribution is 2.26. The minimum Gasteiger partial charge on any atom is -0.481 e. The first-order chi connectivity index (χ1) is 12.4. The lowest BCUT2D eigenvalue weighted by Crippen LogP contribution is -2.16. The van der Waals surface area contributed by atoms with Crippen molar-refractivity contribution in [2.24, 2.45) is 0 Å². The Morgan fingerprint density at radius 3 is 2.69 bits per heavy atom. The van der Waals surface area contributed by atoms with E-state index in [-0.39, 0.29) is 24.1 Å². The summed E-state index contributed by atoms with van der Waals surface area (Å²) in [6.07, 6.45) is -0.411. The van der Waals surface area contributed by atoms with Crippen molar-refractivity contribution in [3.8, 4) is 11.3 Å². The van der Waals surface area contributed by atoms with Gasteiger partial charge >= 0.3 is 5.97 Å². The van der Waals surface area contributed by atoms with Crippen molar-refractivity contribution in [1.29, 1.82) is 0 Å². The molecule has 0 aliphatic heterocycles. The SMILES string of the molecule is Cc1ccc(-c2nc3ccccc3[nH]c2=O)c(NC(=O)CCC(=O)O)c1. The number of carbonyl (C=O) groups excluding carboxylic acids is 1. The molecule has 0 radical (unpaired) electrons. The highest BCUT2D eigenvalue weighted by molar-refractivity contribution is 5.96. The van der Waals surface area contributed by atoms with Crippen LogP contribution < -0.4 is 10.9 Å². The molecule has 1 heterocycles. The van der Waals surface area contributed by atoms with Gasteiger partial charge in [-0.3, -0.25) is 14.4 Å². The van der Waals surface area contributed by atoms with E-state index in [1.54, 1.807) is 30.3 Å². The van der Waals surface area contributed by atoms with E-state index in [1.807, 2.05) is 19.1 Å². The van der Waals surface area contributed by atoms with Gasteiger partial charge < -0.3 is 15.4 Å². The van der Waals surface area contributed by atoms with Crippen LogP contribution in [0.2, 0.25) is 0 Å². The second kappa shape index (κ2) is 7.18. The zero-order chi connectivity index (χ0) is 18.7. The van der Waals surface area contributed by atoms with Gasteiger partial charge in [-0.15, -0.1) is 0 Å². The number of carbonyl (C=O) groups is 2. The number of hydrogen-bond acceptors (Lipinski definition) is 4. The number of aryl methyl sites for hydroxylation is 1. The van der Waals surface area contributed by atoms with Crippen molar-refractivity contribution in [2.75, 3.05) is 5.32 Å². The van der Waals surface area contributed by atoms with E-state index in [1.165, 1.54) is 0 Å². The second-order valence-electron chi connectivity index (χ2n) is 5.92. The number of aromatic amines is 1. The predicted octanol–water partition coefficient (Wildman–Crippen LogP) is 2.70. The first-order valence-corrected chi connectivity index (χ1v) is 8.06. The van der Waals surface area contributed by atoms with Gasteiger partial charge in [0, 0.05) is 12.0 Å². The Bertz CT molecular complexity index is 1060. The summed E-state index contributed by atoms with van der Waals surface area (Å²) >= 11 is 0. The lowest BCUT2D eigenvalue weighted by atomic mass is 10.1. The summed E-state index contributed by atoms with van der Waals surface area (Å²) in [5, 5.41) is 11.4. The average Bonchev–Trinajstić information content (AvgIpc) is 2.60. The number of H-pyrrole nitrogens is 1. The fraction of sp³-hybridized carbons (Fsp3) is 0.158. The van der Waals surface area contributed by atoms with Crippen LogP contribution in [0.25, 0.3) is 22.3 Å². The Balaban J connectivity index is 2.03. The van der Waals surface area contributed by atoms with Gasteiger partial charge in [0.1, 0.15) is 5.69 Å². The van der Waals surface area contributed by atoms with Crippen LogP contribution in [0.4, 0.5) is 5.69 Å². The van der Waals surface area contributed by atoms with Gasteiger partial charge in [0.2, 0.25) is 5.91 Å².